The van der Waals surface area contributed by atoms with Crippen molar-refractivity contribution >= 4 is 27.9 Å². The lowest BCUT2D eigenvalue weighted by molar-refractivity contribution is -0.159. The lowest BCUT2D eigenvalue weighted by Crippen LogP contribution is -2.46. The molecule has 26 heavy (non-hydrogen) atoms. The summed E-state index contributed by atoms with van der Waals surface area (Å²) >= 11 is 3.50. The summed E-state index contributed by atoms with van der Waals surface area (Å²) < 4.78 is 1.17. The van der Waals surface area contributed by atoms with Gasteiger partial charge in [-0.2, -0.15) is 0 Å². The average Bonchev–Trinajstić information content (AvgIpc) is 2.65. The van der Waals surface area contributed by atoms with Crippen molar-refractivity contribution in [3.05, 3.63) is 34.3 Å². The fourth-order valence-corrected chi connectivity index (χ4v) is 3.84. The van der Waals surface area contributed by atoms with E-state index < -0.39 is 11.9 Å². The number of piperidine rings is 2. The molecule has 0 amide bonds. The normalized spacial score (nSPS) is 19.4. The van der Waals surface area contributed by atoms with Gasteiger partial charge in [0.25, 0.3) is 0 Å². The van der Waals surface area contributed by atoms with Gasteiger partial charge in [0, 0.05) is 17.1 Å². The maximum Gasteiger partial charge on any atom is 0.414 e. The Bertz CT molecular complexity index is 568. The van der Waals surface area contributed by atoms with E-state index in [4.69, 9.17) is 19.8 Å². The van der Waals surface area contributed by atoms with E-state index in [0.717, 1.165) is 12.6 Å². The van der Waals surface area contributed by atoms with Crippen LogP contribution < -0.4 is 0 Å². The minimum absolute atomic E-state index is 0.858. The predicted octanol–water partition coefficient (Wildman–Crippen LogP) is 3.06. The highest BCUT2D eigenvalue weighted by molar-refractivity contribution is 9.10. The van der Waals surface area contributed by atoms with Gasteiger partial charge in [-0.15, -0.1) is 0 Å². The standard InChI is InChI=1S/C17H25BrN2.C2H2O4/c18-16-6-4-15(5-7-16)14-19-12-8-17(9-13-19)20-10-2-1-3-11-20;3-1(4)2(5)6/h4-7,17H,1-3,8-14H2;(H,3,4)(H,5,6). The smallest absolute Gasteiger partial charge is 0.414 e. The van der Waals surface area contributed by atoms with Crippen LogP contribution in [-0.2, 0) is 16.1 Å². The van der Waals surface area contributed by atoms with Crippen LogP contribution in [0.5, 0.6) is 0 Å². The fraction of sp³-hybridized carbons (Fsp3) is 0.579. The number of rotatable bonds is 3. The molecule has 3 rings (SSSR count). The lowest BCUT2D eigenvalue weighted by Gasteiger charge is -2.40. The second kappa shape index (κ2) is 10.6. The first-order valence-electron chi connectivity index (χ1n) is 9.13. The molecule has 144 valence electrons. The van der Waals surface area contributed by atoms with Crippen molar-refractivity contribution in [2.24, 2.45) is 0 Å². The van der Waals surface area contributed by atoms with Gasteiger partial charge in [0.2, 0.25) is 0 Å². The molecule has 1 aromatic carbocycles. The Morgan fingerprint density at radius 1 is 0.923 bits per heavy atom. The van der Waals surface area contributed by atoms with Crippen LogP contribution in [0.25, 0.3) is 0 Å². The van der Waals surface area contributed by atoms with Crippen molar-refractivity contribution in [2.45, 2.75) is 44.7 Å². The molecule has 0 aromatic heterocycles. The SMILES string of the molecule is Brc1ccc(CN2CCC(N3CCCCC3)CC2)cc1.O=C(O)C(=O)O. The van der Waals surface area contributed by atoms with Crippen molar-refractivity contribution in [3.8, 4) is 0 Å². The maximum atomic E-state index is 9.10. The fourth-order valence-electron chi connectivity index (χ4n) is 3.57. The number of carboxylic acid groups (broad SMARTS) is 2. The van der Waals surface area contributed by atoms with E-state index in [1.807, 2.05) is 0 Å². The Morgan fingerprint density at radius 2 is 1.46 bits per heavy atom. The van der Waals surface area contributed by atoms with Crippen molar-refractivity contribution < 1.29 is 19.8 Å². The lowest BCUT2D eigenvalue weighted by atomic mass is 9.99. The molecule has 2 N–H and O–H groups in total. The highest BCUT2D eigenvalue weighted by Gasteiger charge is 2.25. The van der Waals surface area contributed by atoms with Gasteiger partial charge in [0.1, 0.15) is 0 Å². The van der Waals surface area contributed by atoms with Crippen molar-refractivity contribution in [2.75, 3.05) is 26.2 Å². The summed E-state index contributed by atoms with van der Waals surface area (Å²) in [5, 5.41) is 14.8. The van der Waals surface area contributed by atoms with Gasteiger partial charge >= 0.3 is 11.9 Å². The molecule has 0 spiro atoms. The zero-order valence-corrected chi connectivity index (χ0v) is 16.5. The molecule has 2 saturated heterocycles. The van der Waals surface area contributed by atoms with E-state index in [9.17, 15) is 0 Å². The number of nitrogens with zero attached hydrogens (tertiary/aromatic N) is 2. The maximum absolute atomic E-state index is 9.10. The average molecular weight is 427 g/mol. The zero-order valence-electron chi connectivity index (χ0n) is 14.9. The van der Waals surface area contributed by atoms with Crippen molar-refractivity contribution in [1.82, 2.24) is 9.80 Å². The molecule has 7 heteroatoms. The van der Waals surface area contributed by atoms with Crippen LogP contribution in [0.3, 0.4) is 0 Å². The molecule has 1 aromatic rings. The molecule has 0 bridgehead atoms. The van der Waals surface area contributed by atoms with Crippen LogP contribution in [-0.4, -0.2) is 64.2 Å². The molecule has 0 atom stereocenters. The minimum atomic E-state index is -1.82. The summed E-state index contributed by atoms with van der Waals surface area (Å²) in [5.74, 6) is -3.65. The van der Waals surface area contributed by atoms with Crippen molar-refractivity contribution in [1.29, 1.82) is 0 Å². The third-order valence-corrected chi connectivity index (χ3v) is 5.50. The van der Waals surface area contributed by atoms with Gasteiger partial charge in [0.15, 0.2) is 0 Å². The molecule has 2 aliphatic rings. The van der Waals surface area contributed by atoms with Crippen LogP contribution in [0.2, 0.25) is 0 Å². The van der Waals surface area contributed by atoms with Gasteiger partial charge in [-0.3, -0.25) is 4.90 Å². The molecular weight excluding hydrogens is 400 g/mol. The van der Waals surface area contributed by atoms with Gasteiger partial charge in [0.05, 0.1) is 0 Å². The number of carboxylic acids is 2. The first-order chi connectivity index (χ1) is 12.5. The minimum Gasteiger partial charge on any atom is -0.473 e. The number of hydrogen-bond acceptors (Lipinski definition) is 4. The Morgan fingerprint density at radius 3 is 1.96 bits per heavy atom. The van der Waals surface area contributed by atoms with Gasteiger partial charge in [-0.25, -0.2) is 9.59 Å². The van der Waals surface area contributed by atoms with E-state index in [1.54, 1.807) is 0 Å². The van der Waals surface area contributed by atoms with Crippen LogP contribution in [0.4, 0.5) is 0 Å². The van der Waals surface area contributed by atoms with Gasteiger partial charge in [-0.05, 0) is 69.6 Å². The summed E-state index contributed by atoms with van der Waals surface area (Å²) in [7, 11) is 0. The van der Waals surface area contributed by atoms with Crippen molar-refractivity contribution in [3.63, 3.8) is 0 Å². The van der Waals surface area contributed by atoms with Gasteiger partial charge in [-0.1, -0.05) is 34.5 Å². The van der Waals surface area contributed by atoms with Crippen LogP contribution in [0.1, 0.15) is 37.7 Å². The molecule has 6 nitrogen and oxygen atoms in total. The van der Waals surface area contributed by atoms with E-state index in [0.29, 0.717) is 0 Å². The predicted molar refractivity (Wildman–Crippen MR) is 103 cm³/mol. The molecule has 2 heterocycles. The number of halogens is 1. The summed E-state index contributed by atoms with van der Waals surface area (Å²) in [5.41, 5.74) is 1.43. The molecule has 2 aliphatic heterocycles. The Kier molecular flexibility index (Phi) is 8.54. The molecule has 2 fully saturated rings. The summed E-state index contributed by atoms with van der Waals surface area (Å²) in [6.45, 7) is 6.32. The third-order valence-electron chi connectivity index (χ3n) is 4.97. The van der Waals surface area contributed by atoms with Gasteiger partial charge < -0.3 is 15.1 Å². The number of benzene rings is 1. The number of aliphatic carboxylic acids is 2. The molecule has 0 aliphatic carbocycles. The van der Waals surface area contributed by atoms with E-state index >= 15 is 0 Å². The third kappa shape index (κ3) is 7.05. The summed E-state index contributed by atoms with van der Waals surface area (Å²) in [6.07, 6.45) is 6.99. The Labute approximate surface area is 162 Å². The zero-order chi connectivity index (χ0) is 18.9. The Hall–Kier alpha value is -1.44. The number of hydrogen-bond donors (Lipinski definition) is 2. The van der Waals surface area contributed by atoms with Crippen LogP contribution in [0.15, 0.2) is 28.7 Å². The van der Waals surface area contributed by atoms with Crippen LogP contribution >= 0.6 is 15.9 Å². The van der Waals surface area contributed by atoms with E-state index in [2.05, 4.69) is 50.0 Å². The second-order valence-electron chi connectivity index (χ2n) is 6.84. The quantitative estimate of drug-likeness (QED) is 0.722. The molecule has 0 radical (unpaired) electrons. The highest BCUT2D eigenvalue weighted by Crippen LogP contribution is 2.22. The largest absolute Gasteiger partial charge is 0.473 e. The monoisotopic (exact) mass is 426 g/mol. The van der Waals surface area contributed by atoms with E-state index in [-0.39, 0.29) is 0 Å². The first kappa shape index (κ1) is 20.9. The molecule has 0 saturated carbocycles. The summed E-state index contributed by atoms with van der Waals surface area (Å²) in [6, 6.07) is 9.63. The second-order valence-corrected chi connectivity index (χ2v) is 7.76. The summed E-state index contributed by atoms with van der Waals surface area (Å²) in [4.78, 5) is 23.6. The van der Waals surface area contributed by atoms with Crippen LogP contribution in [0, 0.1) is 0 Å². The molecular formula is C19H27BrN2O4. The highest BCUT2D eigenvalue weighted by atomic mass is 79.9. The molecule has 0 unspecified atom stereocenters. The van der Waals surface area contributed by atoms with E-state index in [1.165, 1.54) is 68.3 Å². The Balaban J connectivity index is 0.000000352. The topological polar surface area (TPSA) is 81.1 Å². The number of likely N-dealkylation sites (tertiary alicyclic amines) is 2. The number of carbonyl (C=O) groups is 2. The first-order valence-corrected chi connectivity index (χ1v) is 9.92.